The van der Waals surface area contributed by atoms with Crippen molar-refractivity contribution >= 4 is 5.97 Å². The standard InChI is InChI=1S/C12H2F12O2/c13-2(9(25)26)1-10(19,12(22,23)24)11(20,21)3-4(14)6(16)8(18)7(17)5(3)15/h1H,(H,25,26)/b2-1-. The number of hydrogen-bond donors (Lipinski definition) is 1. The summed E-state index contributed by atoms with van der Waals surface area (Å²) in [4.78, 5) is 10.1. The monoisotopic (exact) mass is 406 g/mol. The number of carboxylic acids is 1. The highest BCUT2D eigenvalue weighted by Crippen LogP contribution is 2.53. The summed E-state index contributed by atoms with van der Waals surface area (Å²) in [7, 11) is 0. The summed E-state index contributed by atoms with van der Waals surface area (Å²) >= 11 is 0. The Hall–Kier alpha value is -2.41. The van der Waals surface area contributed by atoms with Gasteiger partial charge in [-0.2, -0.15) is 26.3 Å². The number of carboxylic acid groups (broad SMARTS) is 1. The first-order valence-electron chi connectivity index (χ1n) is 5.77. The lowest BCUT2D eigenvalue weighted by Crippen LogP contribution is -2.53. The van der Waals surface area contributed by atoms with Crippen LogP contribution in [0.25, 0.3) is 0 Å². The van der Waals surface area contributed by atoms with Gasteiger partial charge in [-0.15, -0.1) is 0 Å². The van der Waals surface area contributed by atoms with E-state index in [1.54, 1.807) is 0 Å². The van der Waals surface area contributed by atoms with Crippen molar-refractivity contribution in [3.63, 3.8) is 0 Å². The SMILES string of the molecule is O=C(O)/C(F)=C/C(F)(C(F)(F)F)C(F)(F)c1c(F)c(F)c(F)c(F)c1F. The van der Waals surface area contributed by atoms with Crippen LogP contribution in [0.15, 0.2) is 11.9 Å². The van der Waals surface area contributed by atoms with Crippen molar-refractivity contribution in [1.82, 2.24) is 0 Å². The fourth-order valence-electron chi connectivity index (χ4n) is 1.65. The quantitative estimate of drug-likeness (QED) is 0.341. The number of aliphatic carboxylic acids is 1. The Balaban J connectivity index is 3.96. The molecule has 0 heterocycles. The van der Waals surface area contributed by atoms with E-state index in [4.69, 9.17) is 5.11 Å². The van der Waals surface area contributed by atoms with Crippen molar-refractivity contribution in [2.75, 3.05) is 0 Å². The first kappa shape index (κ1) is 21.6. The van der Waals surface area contributed by atoms with Crippen LogP contribution >= 0.6 is 0 Å². The van der Waals surface area contributed by atoms with Gasteiger partial charge in [-0.1, -0.05) is 0 Å². The molecule has 0 saturated carbocycles. The molecule has 1 aromatic carbocycles. The molecule has 14 heteroatoms. The van der Waals surface area contributed by atoms with Crippen LogP contribution in [-0.2, 0) is 10.7 Å². The second kappa shape index (κ2) is 6.39. The Bertz CT molecular complexity index is 752. The number of benzene rings is 1. The van der Waals surface area contributed by atoms with Gasteiger partial charge >= 0.3 is 18.1 Å². The van der Waals surface area contributed by atoms with Crippen LogP contribution in [0.2, 0.25) is 0 Å². The average Bonchev–Trinajstić information content (AvgIpc) is 2.49. The van der Waals surface area contributed by atoms with Crippen LogP contribution in [0.4, 0.5) is 52.7 Å². The largest absolute Gasteiger partial charge is 0.476 e. The Morgan fingerprint density at radius 2 is 1.12 bits per heavy atom. The van der Waals surface area contributed by atoms with Crippen molar-refractivity contribution < 1.29 is 62.6 Å². The lowest BCUT2D eigenvalue weighted by Gasteiger charge is -2.33. The summed E-state index contributed by atoms with van der Waals surface area (Å²) in [5, 5.41) is 8.04. The molecular formula is C12H2F12O2. The first-order chi connectivity index (χ1) is 11.5. The van der Waals surface area contributed by atoms with E-state index < -0.39 is 70.3 Å². The van der Waals surface area contributed by atoms with Crippen molar-refractivity contribution in [3.05, 3.63) is 46.6 Å². The number of allylic oxidation sites excluding steroid dienone is 1. The van der Waals surface area contributed by atoms with E-state index in [2.05, 4.69) is 0 Å². The molecule has 1 rings (SSSR count). The molecule has 0 fully saturated rings. The van der Waals surface area contributed by atoms with Crippen LogP contribution in [-0.4, -0.2) is 22.9 Å². The smallest absolute Gasteiger partial charge is 0.432 e. The van der Waals surface area contributed by atoms with Gasteiger partial charge in [0.15, 0.2) is 23.3 Å². The minimum atomic E-state index is -6.94. The van der Waals surface area contributed by atoms with Crippen LogP contribution in [0, 0.1) is 29.1 Å². The van der Waals surface area contributed by atoms with Crippen molar-refractivity contribution in [1.29, 1.82) is 0 Å². The molecule has 26 heavy (non-hydrogen) atoms. The minimum absolute atomic E-state index is 1.90. The van der Waals surface area contributed by atoms with E-state index in [0.29, 0.717) is 0 Å². The van der Waals surface area contributed by atoms with Crippen LogP contribution < -0.4 is 0 Å². The lowest BCUT2D eigenvalue weighted by molar-refractivity contribution is -0.288. The van der Waals surface area contributed by atoms with Crippen molar-refractivity contribution in [2.45, 2.75) is 17.8 Å². The molecule has 1 unspecified atom stereocenters. The summed E-state index contributed by atoms with van der Waals surface area (Å²) in [6, 6.07) is 0. The maximum Gasteiger partial charge on any atom is 0.432 e. The molecule has 0 aliphatic rings. The highest BCUT2D eigenvalue weighted by Gasteiger charge is 2.72. The van der Waals surface area contributed by atoms with E-state index >= 15 is 0 Å². The van der Waals surface area contributed by atoms with Gasteiger partial charge < -0.3 is 5.11 Å². The summed E-state index contributed by atoms with van der Waals surface area (Å²) in [5.74, 6) is -29.2. The molecule has 0 amide bonds. The third-order valence-corrected chi connectivity index (χ3v) is 2.92. The highest BCUT2D eigenvalue weighted by molar-refractivity contribution is 5.84. The van der Waals surface area contributed by atoms with Gasteiger partial charge in [0.2, 0.25) is 11.6 Å². The molecule has 146 valence electrons. The molecule has 0 aromatic heterocycles. The normalized spacial score (nSPS) is 15.8. The second-order valence-electron chi connectivity index (χ2n) is 4.53. The molecule has 1 aromatic rings. The average molecular weight is 406 g/mol. The molecule has 1 N–H and O–H groups in total. The summed E-state index contributed by atoms with van der Waals surface area (Å²) in [6.07, 6.45) is -8.84. The van der Waals surface area contributed by atoms with Crippen LogP contribution in [0.3, 0.4) is 0 Å². The Morgan fingerprint density at radius 1 is 0.769 bits per heavy atom. The van der Waals surface area contributed by atoms with E-state index in [9.17, 15) is 57.5 Å². The van der Waals surface area contributed by atoms with E-state index in [1.165, 1.54) is 0 Å². The van der Waals surface area contributed by atoms with Crippen molar-refractivity contribution in [2.24, 2.45) is 0 Å². The molecule has 0 bridgehead atoms. The predicted octanol–water partition coefficient (Wildman–Crippen LogP) is 4.68. The zero-order valence-corrected chi connectivity index (χ0v) is 11.5. The van der Waals surface area contributed by atoms with Gasteiger partial charge in [0.05, 0.1) is 0 Å². The zero-order chi connectivity index (χ0) is 20.8. The summed E-state index contributed by atoms with van der Waals surface area (Å²) in [6.45, 7) is 0. The van der Waals surface area contributed by atoms with E-state index in [1.807, 2.05) is 0 Å². The lowest BCUT2D eigenvalue weighted by atomic mass is 9.89. The Morgan fingerprint density at radius 3 is 1.42 bits per heavy atom. The van der Waals surface area contributed by atoms with Crippen molar-refractivity contribution in [3.8, 4) is 0 Å². The number of rotatable bonds is 4. The van der Waals surface area contributed by atoms with Gasteiger partial charge in [-0.3, -0.25) is 0 Å². The molecule has 0 aliphatic heterocycles. The summed E-state index contributed by atoms with van der Waals surface area (Å²) in [5.41, 5.74) is -10.1. The third-order valence-electron chi connectivity index (χ3n) is 2.92. The summed E-state index contributed by atoms with van der Waals surface area (Å²) < 4.78 is 158. The van der Waals surface area contributed by atoms with Crippen LogP contribution in [0.1, 0.15) is 5.56 Å². The fraction of sp³-hybridized carbons (Fsp3) is 0.250. The number of halogens is 12. The highest BCUT2D eigenvalue weighted by atomic mass is 19.4. The van der Waals surface area contributed by atoms with E-state index in [-0.39, 0.29) is 0 Å². The molecule has 1 atom stereocenters. The second-order valence-corrected chi connectivity index (χ2v) is 4.53. The maximum atomic E-state index is 14.0. The van der Waals surface area contributed by atoms with Gasteiger partial charge in [0.25, 0.3) is 5.67 Å². The molecule has 0 radical (unpaired) electrons. The molecule has 2 nitrogen and oxygen atoms in total. The van der Waals surface area contributed by atoms with Crippen LogP contribution in [0.5, 0.6) is 0 Å². The van der Waals surface area contributed by atoms with Gasteiger partial charge in [0, 0.05) is 6.08 Å². The molecular weight excluding hydrogens is 404 g/mol. The number of carbonyl (C=O) groups is 1. The Kier molecular flexibility index (Phi) is 5.32. The fourth-order valence-corrected chi connectivity index (χ4v) is 1.65. The van der Waals surface area contributed by atoms with E-state index in [0.717, 1.165) is 0 Å². The Labute approximate surface area is 134 Å². The van der Waals surface area contributed by atoms with Gasteiger partial charge in [-0.05, 0) is 0 Å². The maximum absolute atomic E-state index is 14.0. The third kappa shape index (κ3) is 3.07. The minimum Gasteiger partial charge on any atom is -0.476 e. The molecule has 0 aliphatic carbocycles. The topological polar surface area (TPSA) is 37.3 Å². The van der Waals surface area contributed by atoms with Gasteiger partial charge in [-0.25, -0.2) is 31.1 Å². The molecule has 0 spiro atoms. The predicted molar refractivity (Wildman–Crippen MR) is 56.8 cm³/mol. The van der Waals surface area contributed by atoms with Gasteiger partial charge in [0.1, 0.15) is 5.56 Å². The zero-order valence-electron chi connectivity index (χ0n) is 11.5. The number of hydrogen-bond acceptors (Lipinski definition) is 1. The number of alkyl halides is 6. The first-order valence-corrected chi connectivity index (χ1v) is 5.77. The molecule has 0 saturated heterocycles.